The predicted molar refractivity (Wildman–Crippen MR) is 128 cm³/mol. The Kier molecular flexibility index (Phi) is 6.00. The second-order valence-electron chi connectivity index (χ2n) is 8.60. The van der Waals surface area contributed by atoms with Gasteiger partial charge >= 0.3 is 0 Å². The number of aryl methyl sites for hydroxylation is 1. The molecule has 0 saturated carbocycles. The minimum Gasteiger partial charge on any atom is -0.347 e. The molecule has 11 nitrogen and oxygen atoms in total. The van der Waals surface area contributed by atoms with Crippen molar-refractivity contribution in [2.45, 2.75) is 30.7 Å². The number of carbonyl (C=O) groups excluding carboxylic acids is 1. The van der Waals surface area contributed by atoms with E-state index >= 15 is 4.39 Å². The van der Waals surface area contributed by atoms with Crippen LogP contribution in [-0.2, 0) is 10.1 Å². The number of amides is 1. The molecule has 5 rings (SSSR count). The van der Waals surface area contributed by atoms with E-state index in [0.717, 1.165) is 29.0 Å². The summed E-state index contributed by atoms with van der Waals surface area (Å²) in [4.78, 5) is 33.2. The third-order valence-corrected chi connectivity index (χ3v) is 7.06. The van der Waals surface area contributed by atoms with Crippen molar-refractivity contribution in [3.63, 3.8) is 0 Å². The average molecular weight is 531 g/mol. The van der Waals surface area contributed by atoms with E-state index in [1.807, 2.05) is 0 Å². The molecule has 1 atom stereocenters. The zero-order chi connectivity index (χ0) is 26.5. The molecule has 3 aromatic heterocycles. The molecule has 0 unspecified atom stereocenters. The Morgan fingerprint density at radius 1 is 1.27 bits per heavy atom. The van der Waals surface area contributed by atoms with Crippen LogP contribution in [0.25, 0.3) is 5.65 Å². The van der Waals surface area contributed by atoms with E-state index in [2.05, 4.69) is 20.4 Å². The molecule has 0 bridgehead atoms. The summed E-state index contributed by atoms with van der Waals surface area (Å²) in [6.07, 6.45) is 4.24. The van der Waals surface area contributed by atoms with Gasteiger partial charge in [0.05, 0.1) is 23.3 Å². The molecule has 1 fully saturated rings. The Morgan fingerprint density at radius 2 is 2.05 bits per heavy atom. The van der Waals surface area contributed by atoms with E-state index in [4.69, 9.17) is 0 Å². The number of H-pyrrole nitrogens is 1. The summed E-state index contributed by atoms with van der Waals surface area (Å²) in [5.41, 5.74) is 0.281. The van der Waals surface area contributed by atoms with Crippen LogP contribution in [0.5, 0.6) is 0 Å². The van der Waals surface area contributed by atoms with Crippen molar-refractivity contribution in [2.24, 2.45) is 0 Å². The van der Waals surface area contributed by atoms with Crippen LogP contribution in [0.2, 0.25) is 0 Å². The van der Waals surface area contributed by atoms with Crippen molar-refractivity contribution in [3.05, 3.63) is 81.5 Å². The number of aromatic amines is 1. The van der Waals surface area contributed by atoms with Gasteiger partial charge in [-0.2, -0.15) is 13.5 Å². The Morgan fingerprint density at radius 3 is 2.81 bits per heavy atom. The maximum absolute atomic E-state index is 15.1. The highest BCUT2D eigenvalue weighted by molar-refractivity contribution is 7.85. The van der Waals surface area contributed by atoms with Crippen LogP contribution in [0.15, 0.2) is 52.5 Å². The number of rotatable bonds is 5. The molecule has 192 valence electrons. The standard InChI is InChI=1S/C23H20F2N6O5S/c1-12-4-5-14(37(34,35)36)8-18(12)28-23(33)16-10-27-31-11-17(25)21(29-20(16)31)30-6-2-3-19(30)15-7-13(24)9-26-22(15)32/h4-5,7-11,19H,2-3,6H2,1H3,(H,26,32)(H,28,33)(H,34,35,36)/t19-/m1/s1. The summed E-state index contributed by atoms with van der Waals surface area (Å²) in [6.45, 7) is 1.98. The number of benzene rings is 1. The summed E-state index contributed by atoms with van der Waals surface area (Å²) in [6, 6.07) is 4.21. The molecule has 1 amide bonds. The average Bonchev–Trinajstić information content (AvgIpc) is 3.47. The van der Waals surface area contributed by atoms with Crippen molar-refractivity contribution in [1.82, 2.24) is 19.6 Å². The van der Waals surface area contributed by atoms with Gasteiger partial charge in [-0.15, -0.1) is 0 Å². The largest absolute Gasteiger partial charge is 0.347 e. The fourth-order valence-electron chi connectivity index (χ4n) is 4.39. The van der Waals surface area contributed by atoms with Crippen LogP contribution in [-0.4, -0.2) is 45.0 Å². The van der Waals surface area contributed by atoms with Gasteiger partial charge in [-0.05, 0) is 43.5 Å². The number of hydrogen-bond acceptors (Lipinski definition) is 7. The minimum atomic E-state index is -4.50. The smallest absolute Gasteiger partial charge is 0.294 e. The number of aromatic nitrogens is 4. The summed E-state index contributed by atoms with van der Waals surface area (Å²) < 4.78 is 62.3. The maximum atomic E-state index is 15.1. The quantitative estimate of drug-likeness (QED) is 0.334. The summed E-state index contributed by atoms with van der Waals surface area (Å²) in [5, 5.41) is 6.55. The molecule has 4 heterocycles. The Hall–Kier alpha value is -4.17. The van der Waals surface area contributed by atoms with Gasteiger partial charge in [0.2, 0.25) is 0 Å². The summed E-state index contributed by atoms with van der Waals surface area (Å²) in [7, 11) is -4.50. The first-order valence-electron chi connectivity index (χ1n) is 11.1. The Labute approximate surface area is 208 Å². The van der Waals surface area contributed by atoms with Gasteiger partial charge in [0.15, 0.2) is 17.3 Å². The molecular formula is C23H20F2N6O5S. The lowest BCUT2D eigenvalue weighted by molar-refractivity contribution is 0.102. The highest BCUT2D eigenvalue weighted by Crippen LogP contribution is 2.35. The van der Waals surface area contributed by atoms with E-state index in [0.29, 0.717) is 24.9 Å². The monoisotopic (exact) mass is 530 g/mol. The molecule has 0 spiro atoms. The normalized spacial score (nSPS) is 15.9. The van der Waals surface area contributed by atoms with Crippen LogP contribution in [0.4, 0.5) is 20.3 Å². The molecule has 3 N–H and O–H groups in total. The van der Waals surface area contributed by atoms with Gasteiger partial charge in [0.25, 0.3) is 21.6 Å². The first-order valence-corrected chi connectivity index (χ1v) is 12.5. The van der Waals surface area contributed by atoms with Gasteiger partial charge in [-0.3, -0.25) is 14.1 Å². The van der Waals surface area contributed by atoms with Gasteiger partial charge < -0.3 is 15.2 Å². The lowest BCUT2D eigenvalue weighted by Gasteiger charge is -2.26. The Bertz CT molecular complexity index is 1720. The molecular weight excluding hydrogens is 510 g/mol. The van der Waals surface area contributed by atoms with E-state index < -0.39 is 44.2 Å². The fraction of sp³-hybridized carbons (Fsp3) is 0.217. The molecule has 1 saturated heterocycles. The second-order valence-corrected chi connectivity index (χ2v) is 10.0. The third-order valence-electron chi connectivity index (χ3n) is 6.21. The molecule has 37 heavy (non-hydrogen) atoms. The molecule has 1 aliphatic rings. The number of carbonyl (C=O) groups is 1. The SMILES string of the molecule is Cc1ccc(S(=O)(=O)O)cc1NC(=O)c1cnn2cc(F)c(N3CCC[C@@H]3c3cc(F)c[nH]c3=O)nc12. The van der Waals surface area contributed by atoms with Crippen molar-refractivity contribution in [2.75, 3.05) is 16.8 Å². The Balaban J connectivity index is 1.52. The highest BCUT2D eigenvalue weighted by atomic mass is 32.2. The molecule has 4 aromatic rings. The van der Waals surface area contributed by atoms with E-state index in [-0.39, 0.29) is 28.3 Å². The van der Waals surface area contributed by atoms with Gasteiger partial charge in [0, 0.05) is 24.0 Å². The van der Waals surface area contributed by atoms with Crippen molar-refractivity contribution < 1.29 is 26.5 Å². The maximum Gasteiger partial charge on any atom is 0.294 e. The van der Waals surface area contributed by atoms with Crippen LogP contribution >= 0.6 is 0 Å². The zero-order valence-corrected chi connectivity index (χ0v) is 20.1. The number of fused-ring (bicyclic) bond motifs is 1. The minimum absolute atomic E-state index is 0.0105. The summed E-state index contributed by atoms with van der Waals surface area (Å²) >= 11 is 0. The van der Waals surface area contributed by atoms with Crippen molar-refractivity contribution in [3.8, 4) is 0 Å². The number of nitrogens with zero attached hydrogens (tertiary/aromatic N) is 4. The first-order chi connectivity index (χ1) is 17.5. The van der Waals surface area contributed by atoms with Crippen molar-refractivity contribution in [1.29, 1.82) is 0 Å². The number of pyridine rings is 1. The third kappa shape index (κ3) is 4.56. The molecule has 0 aliphatic carbocycles. The van der Waals surface area contributed by atoms with Crippen LogP contribution in [0.1, 0.15) is 40.4 Å². The topological polar surface area (TPSA) is 150 Å². The highest BCUT2D eigenvalue weighted by Gasteiger charge is 2.32. The lowest BCUT2D eigenvalue weighted by Crippen LogP contribution is -2.29. The van der Waals surface area contributed by atoms with Crippen LogP contribution in [0.3, 0.4) is 0 Å². The number of anilines is 2. The van der Waals surface area contributed by atoms with E-state index in [9.17, 15) is 27.0 Å². The number of nitrogens with one attached hydrogen (secondary N) is 2. The van der Waals surface area contributed by atoms with Crippen molar-refractivity contribution >= 4 is 33.2 Å². The number of hydrogen-bond donors (Lipinski definition) is 3. The summed E-state index contributed by atoms with van der Waals surface area (Å²) in [5.74, 6) is -2.21. The van der Waals surface area contributed by atoms with Crippen LogP contribution in [0, 0.1) is 18.6 Å². The molecule has 14 heteroatoms. The number of halogens is 2. The lowest BCUT2D eigenvalue weighted by atomic mass is 10.1. The first kappa shape index (κ1) is 24.5. The van der Waals surface area contributed by atoms with Gasteiger partial charge in [0.1, 0.15) is 11.4 Å². The van der Waals surface area contributed by atoms with Gasteiger partial charge in [-0.1, -0.05) is 6.07 Å². The van der Waals surface area contributed by atoms with E-state index in [1.165, 1.54) is 18.3 Å². The van der Waals surface area contributed by atoms with Gasteiger partial charge in [-0.25, -0.2) is 18.3 Å². The second kappa shape index (κ2) is 9.05. The fourth-order valence-corrected chi connectivity index (χ4v) is 4.90. The molecule has 0 radical (unpaired) electrons. The zero-order valence-electron chi connectivity index (χ0n) is 19.3. The van der Waals surface area contributed by atoms with E-state index in [1.54, 1.807) is 11.8 Å². The molecule has 1 aromatic carbocycles. The molecule has 1 aliphatic heterocycles. The van der Waals surface area contributed by atoms with Crippen LogP contribution < -0.4 is 15.8 Å². The predicted octanol–water partition coefficient (Wildman–Crippen LogP) is 2.84.